The molecule has 2 aliphatic rings. The van der Waals surface area contributed by atoms with Crippen molar-refractivity contribution >= 4 is 11.9 Å². The van der Waals surface area contributed by atoms with Crippen LogP contribution in [-0.4, -0.2) is 55.0 Å². The van der Waals surface area contributed by atoms with Gasteiger partial charge in [0.2, 0.25) is 5.91 Å². The van der Waals surface area contributed by atoms with Crippen LogP contribution in [0.1, 0.15) is 45.4 Å². The molecule has 2 rings (SSSR count). The number of carbonyl (C=O) groups excluding carboxylic acids is 2. The molecule has 114 valence electrons. The van der Waals surface area contributed by atoms with Crippen molar-refractivity contribution < 1.29 is 9.59 Å². The monoisotopic (exact) mass is 281 g/mol. The quantitative estimate of drug-likeness (QED) is 0.839. The van der Waals surface area contributed by atoms with Crippen LogP contribution in [-0.2, 0) is 4.79 Å². The Kier molecular flexibility index (Phi) is 4.89. The summed E-state index contributed by atoms with van der Waals surface area (Å²) in [6.45, 7) is 5.33. The second-order valence-electron chi connectivity index (χ2n) is 6.28. The van der Waals surface area contributed by atoms with Gasteiger partial charge in [-0.25, -0.2) is 4.79 Å². The van der Waals surface area contributed by atoms with Crippen LogP contribution in [0.2, 0.25) is 0 Å². The molecule has 2 heterocycles. The first-order valence-electron chi connectivity index (χ1n) is 7.83. The molecule has 5 nitrogen and oxygen atoms in total. The van der Waals surface area contributed by atoms with Gasteiger partial charge in [-0.3, -0.25) is 4.79 Å². The Morgan fingerprint density at radius 3 is 2.50 bits per heavy atom. The lowest BCUT2D eigenvalue weighted by Gasteiger charge is -2.41. The topological polar surface area (TPSA) is 52.7 Å². The Bertz CT molecular complexity index is 362. The number of hydrogen-bond donors (Lipinski definition) is 1. The molecule has 2 saturated heterocycles. The van der Waals surface area contributed by atoms with Gasteiger partial charge in [0.1, 0.15) is 0 Å². The van der Waals surface area contributed by atoms with Crippen molar-refractivity contribution in [2.45, 2.75) is 45.4 Å². The van der Waals surface area contributed by atoms with E-state index in [2.05, 4.69) is 12.2 Å². The first kappa shape index (κ1) is 15.1. The molecule has 0 bridgehead atoms. The second kappa shape index (κ2) is 6.46. The maximum absolute atomic E-state index is 12.0. The first-order chi connectivity index (χ1) is 9.56. The molecule has 0 aromatic rings. The summed E-state index contributed by atoms with van der Waals surface area (Å²) in [6, 6.07) is 0.0727. The van der Waals surface area contributed by atoms with Crippen LogP contribution < -0.4 is 5.32 Å². The third-order valence-electron chi connectivity index (χ3n) is 4.91. The van der Waals surface area contributed by atoms with Gasteiger partial charge < -0.3 is 15.1 Å². The summed E-state index contributed by atoms with van der Waals surface area (Å²) in [6.07, 6.45) is 5.78. The van der Waals surface area contributed by atoms with E-state index in [0.717, 1.165) is 58.3 Å². The zero-order chi connectivity index (χ0) is 14.6. The highest BCUT2D eigenvalue weighted by Crippen LogP contribution is 2.41. The summed E-state index contributed by atoms with van der Waals surface area (Å²) in [5.41, 5.74) is 0.280. The van der Waals surface area contributed by atoms with Crippen LogP contribution in [0, 0.1) is 5.41 Å². The molecule has 0 unspecified atom stereocenters. The molecule has 5 heteroatoms. The maximum Gasteiger partial charge on any atom is 0.317 e. The molecule has 3 amide bonds. The largest absolute Gasteiger partial charge is 0.346 e. The highest BCUT2D eigenvalue weighted by Gasteiger charge is 2.38. The fraction of sp³-hybridized carbons (Fsp3) is 0.867. The van der Waals surface area contributed by atoms with Gasteiger partial charge in [0.15, 0.2) is 0 Å². The second-order valence-corrected chi connectivity index (χ2v) is 6.28. The van der Waals surface area contributed by atoms with E-state index in [-0.39, 0.29) is 17.4 Å². The highest BCUT2D eigenvalue weighted by molar-refractivity contribution is 5.76. The minimum Gasteiger partial charge on any atom is -0.346 e. The molecule has 20 heavy (non-hydrogen) atoms. The molecule has 0 aromatic heterocycles. The summed E-state index contributed by atoms with van der Waals surface area (Å²) in [5.74, 6) is 0.269. The summed E-state index contributed by atoms with van der Waals surface area (Å²) < 4.78 is 0. The zero-order valence-corrected chi connectivity index (χ0v) is 12.8. The number of nitrogens with zero attached hydrogens (tertiary/aromatic N) is 2. The molecule has 0 saturated carbocycles. The molecular weight excluding hydrogens is 254 g/mol. The van der Waals surface area contributed by atoms with Crippen molar-refractivity contribution in [1.29, 1.82) is 0 Å². The Morgan fingerprint density at radius 2 is 1.85 bits per heavy atom. The van der Waals surface area contributed by atoms with Crippen LogP contribution in [0.5, 0.6) is 0 Å². The predicted octanol–water partition coefficient (Wildman–Crippen LogP) is 1.83. The first-order valence-corrected chi connectivity index (χ1v) is 7.83. The van der Waals surface area contributed by atoms with Crippen LogP contribution in [0.15, 0.2) is 0 Å². The normalized spacial score (nSPS) is 22.8. The number of nitrogens with one attached hydrogen (secondary N) is 1. The van der Waals surface area contributed by atoms with Crippen molar-refractivity contribution in [2.75, 3.05) is 33.2 Å². The number of likely N-dealkylation sites (tertiary alicyclic amines) is 2. The number of rotatable bonds is 2. The Hall–Kier alpha value is -1.26. The highest BCUT2D eigenvalue weighted by atomic mass is 16.2. The molecule has 0 atom stereocenters. The lowest BCUT2D eigenvalue weighted by atomic mass is 9.73. The van der Waals surface area contributed by atoms with E-state index >= 15 is 0 Å². The third kappa shape index (κ3) is 3.44. The predicted molar refractivity (Wildman–Crippen MR) is 78.4 cm³/mol. The zero-order valence-electron chi connectivity index (χ0n) is 12.8. The van der Waals surface area contributed by atoms with E-state index in [0.29, 0.717) is 6.42 Å². The molecule has 0 radical (unpaired) electrons. The number of carbonyl (C=O) groups is 2. The minimum absolute atomic E-state index is 0.0727. The van der Waals surface area contributed by atoms with E-state index in [1.54, 1.807) is 0 Å². The molecule has 1 spiro atoms. The molecule has 1 N–H and O–H groups in total. The van der Waals surface area contributed by atoms with Crippen molar-refractivity contribution in [2.24, 2.45) is 5.41 Å². The van der Waals surface area contributed by atoms with E-state index in [1.165, 1.54) is 0 Å². The van der Waals surface area contributed by atoms with Crippen molar-refractivity contribution in [1.82, 2.24) is 15.1 Å². The van der Waals surface area contributed by atoms with Crippen molar-refractivity contribution in [3.05, 3.63) is 0 Å². The summed E-state index contributed by atoms with van der Waals surface area (Å²) >= 11 is 0. The van der Waals surface area contributed by atoms with Gasteiger partial charge >= 0.3 is 6.03 Å². The van der Waals surface area contributed by atoms with Gasteiger partial charge in [-0.15, -0.1) is 0 Å². The van der Waals surface area contributed by atoms with Gasteiger partial charge in [0, 0.05) is 39.6 Å². The number of hydrogen-bond acceptors (Lipinski definition) is 2. The summed E-state index contributed by atoms with van der Waals surface area (Å²) in [5, 5.41) is 2.94. The van der Waals surface area contributed by atoms with Crippen LogP contribution in [0.3, 0.4) is 0 Å². The number of piperidine rings is 1. The SMILES string of the molecule is CCCNC(=O)N1CCC2(CCC(=O)N(C)CC2)CC1. The fourth-order valence-electron chi connectivity index (χ4n) is 3.25. The standard InChI is InChI=1S/C15H27N3O2/c1-3-9-16-14(20)18-11-7-15(8-12-18)5-4-13(19)17(2)10-6-15/h3-12H2,1-2H3,(H,16,20). The van der Waals surface area contributed by atoms with Crippen LogP contribution >= 0.6 is 0 Å². The lowest BCUT2D eigenvalue weighted by Crippen LogP contribution is -2.47. The summed E-state index contributed by atoms with van der Waals surface area (Å²) in [4.78, 5) is 27.5. The average molecular weight is 281 g/mol. The maximum atomic E-state index is 12.0. The lowest BCUT2D eigenvalue weighted by molar-refractivity contribution is -0.129. The van der Waals surface area contributed by atoms with Gasteiger partial charge in [-0.2, -0.15) is 0 Å². The number of amides is 3. The molecular formula is C15H27N3O2. The van der Waals surface area contributed by atoms with Crippen molar-refractivity contribution in [3.63, 3.8) is 0 Å². The number of urea groups is 1. The Labute approximate surface area is 121 Å². The minimum atomic E-state index is 0.0727. The third-order valence-corrected chi connectivity index (χ3v) is 4.91. The van der Waals surface area contributed by atoms with Crippen molar-refractivity contribution in [3.8, 4) is 0 Å². The average Bonchev–Trinajstić information content (AvgIpc) is 2.60. The van der Waals surface area contributed by atoms with Gasteiger partial charge in [-0.1, -0.05) is 6.92 Å². The van der Waals surface area contributed by atoms with Crippen LogP contribution in [0.4, 0.5) is 4.79 Å². The van der Waals surface area contributed by atoms with E-state index < -0.39 is 0 Å². The molecule has 2 aliphatic heterocycles. The van der Waals surface area contributed by atoms with Gasteiger partial charge in [0.25, 0.3) is 0 Å². The van der Waals surface area contributed by atoms with Crippen LogP contribution in [0.25, 0.3) is 0 Å². The van der Waals surface area contributed by atoms with Gasteiger partial charge in [-0.05, 0) is 37.5 Å². The van der Waals surface area contributed by atoms with E-state index in [4.69, 9.17) is 0 Å². The molecule has 0 aromatic carbocycles. The molecule has 0 aliphatic carbocycles. The molecule has 2 fully saturated rings. The van der Waals surface area contributed by atoms with Gasteiger partial charge in [0.05, 0.1) is 0 Å². The van der Waals surface area contributed by atoms with E-state index in [9.17, 15) is 9.59 Å². The van der Waals surface area contributed by atoms with E-state index in [1.807, 2.05) is 16.8 Å². The fourth-order valence-corrected chi connectivity index (χ4v) is 3.25. The smallest absolute Gasteiger partial charge is 0.317 e. The summed E-state index contributed by atoms with van der Waals surface area (Å²) in [7, 11) is 1.90. The Balaban J connectivity index is 1.86. The Morgan fingerprint density at radius 1 is 1.20 bits per heavy atom.